The van der Waals surface area contributed by atoms with E-state index in [1.807, 2.05) is 30.4 Å². The lowest BCUT2D eigenvalue weighted by Gasteiger charge is -2.26. The van der Waals surface area contributed by atoms with Crippen LogP contribution in [0.4, 0.5) is 5.69 Å². The van der Waals surface area contributed by atoms with Crippen LogP contribution in [0.25, 0.3) is 6.08 Å². The summed E-state index contributed by atoms with van der Waals surface area (Å²) in [7, 11) is 2.06. The average molecular weight is 261 g/mol. The lowest BCUT2D eigenvalue weighted by molar-refractivity contribution is -0.110. The van der Waals surface area contributed by atoms with Crippen LogP contribution in [0.15, 0.2) is 78.1 Å². The number of fused-ring (bicyclic) bond motifs is 1. The maximum Gasteiger partial charge on any atom is 0.178 e. The lowest BCUT2D eigenvalue weighted by atomic mass is 10.1. The molecule has 0 atom stereocenters. The molecule has 2 aliphatic rings. The fourth-order valence-corrected chi connectivity index (χ4v) is 2.29. The van der Waals surface area contributed by atoms with Crippen LogP contribution in [0.5, 0.6) is 0 Å². The smallest absolute Gasteiger partial charge is 0.178 e. The number of anilines is 1. The predicted octanol–water partition coefficient (Wildman–Crippen LogP) is 3.66. The van der Waals surface area contributed by atoms with Crippen molar-refractivity contribution in [3.63, 3.8) is 0 Å². The molecule has 0 amide bonds. The second-order valence-electron chi connectivity index (χ2n) is 4.78. The number of para-hydroxylation sites is 1. The van der Waals surface area contributed by atoms with E-state index in [4.69, 9.17) is 0 Å². The van der Waals surface area contributed by atoms with Gasteiger partial charge in [-0.05, 0) is 41.5 Å². The van der Waals surface area contributed by atoms with E-state index in [2.05, 4.69) is 42.3 Å². The number of hydrogen-bond acceptors (Lipinski definition) is 2. The Morgan fingerprint density at radius 3 is 2.45 bits per heavy atom. The molecule has 20 heavy (non-hydrogen) atoms. The summed E-state index contributed by atoms with van der Waals surface area (Å²) in [5, 5.41) is 0. The molecule has 1 heterocycles. The van der Waals surface area contributed by atoms with E-state index in [9.17, 15) is 4.79 Å². The van der Waals surface area contributed by atoms with Crippen molar-refractivity contribution >= 4 is 17.5 Å². The molecule has 1 aromatic carbocycles. The fraction of sp³-hybridized carbons (Fsp3) is 0.0556. The molecule has 2 heteroatoms. The van der Waals surface area contributed by atoms with Crippen LogP contribution in [0.1, 0.15) is 5.56 Å². The zero-order valence-electron chi connectivity index (χ0n) is 11.3. The first-order valence-electron chi connectivity index (χ1n) is 6.57. The van der Waals surface area contributed by atoms with Crippen LogP contribution in [0.2, 0.25) is 0 Å². The number of allylic oxidation sites excluding steroid dienone is 8. The topological polar surface area (TPSA) is 20.3 Å². The lowest BCUT2D eigenvalue weighted by Crippen LogP contribution is -2.18. The van der Waals surface area contributed by atoms with Gasteiger partial charge in [-0.3, -0.25) is 4.79 Å². The van der Waals surface area contributed by atoms with Crippen molar-refractivity contribution in [1.82, 2.24) is 0 Å². The first kappa shape index (κ1) is 12.4. The van der Waals surface area contributed by atoms with E-state index >= 15 is 0 Å². The molecular formula is C18H15NO. The van der Waals surface area contributed by atoms with Crippen LogP contribution >= 0.6 is 0 Å². The molecule has 0 radical (unpaired) electrons. The minimum absolute atomic E-state index is 0.0402. The maximum atomic E-state index is 11.1. The second-order valence-corrected chi connectivity index (χ2v) is 4.78. The molecule has 98 valence electrons. The van der Waals surface area contributed by atoms with Gasteiger partial charge in [-0.15, -0.1) is 0 Å². The highest BCUT2D eigenvalue weighted by molar-refractivity contribution is 6.01. The van der Waals surface area contributed by atoms with Gasteiger partial charge in [0, 0.05) is 18.4 Å². The summed E-state index contributed by atoms with van der Waals surface area (Å²) in [5.41, 5.74) is 4.57. The standard InChI is InChI=1S/C18H15NO/c1-19-16(10-6-14-7-12-17(20)13-8-14)11-9-15-4-2-3-5-18(15)19/h2-13H,1H3. The summed E-state index contributed by atoms with van der Waals surface area (Å²) >= 11 is 0. The highest BCUT2D eigenvalue weighted by Gasteiger charge is 2.11. The van der Waals surface area contributed by atoms with Gasteiger partial charge in [0.2, 0.25) is 0 Å². The van der Waals surface area contributed by atoms with Gasteiger partial charge in [0.15, 0.2) is 5.78 Å². The number of carbonyl (C=O) groups excluding carboxylic acids is 1. The van der Waals surface area contributed by atoms with Gasteiger partial charge < -0.3 is 4.90 Å². The first-order chi connectivity index (χ1) is 9.74. The normalized spacial score (nSPS) is 18.6. The van der Waals surface area contributed by atoms with E-state index in [0.29, 0.717) is 0 Å². The molecular weight excluding hydrogens is 246 g/mol. The molecule has 1 aromatic rings. The monoisotopic (exact) mass is 261 g/mol. The molecule has 0 saturated heterocycles. The third-order valence-electron chi connectivity index (χ3n) is 3.45. The molecule has 3 rings (SSSR count). The van der Waals surface area contributed by atoms with E-state index in [-0.39, 0.29) is 5.78 Å². The van der Waals surface area contributed by atoms with Crippen LogP contribution in [0, 0.1) is 0 Å². The molecule has 0 unspecified atom stereocenters. The molecule has 1 aliphatic carbocycles. The molecule has 0 bridgehead atoms. The number of benzene rings is 1. The van der Waals surface area contributed by atoms with Crippen molar-refractivity contribution in [1.29, 1.82) is 0 Å². The summed E-state index contributed by atoms with van der Waals surface area (Å²) in [6, 6.07) is 8.31. The van der Waals surface area contributed by atoms with E-state index in [1.165, 1.54) is 11.3 Å². The Hall–Kier alpha value is -2.61. The fourth-order valence-electron chi connectivity index (χ4n) is 2.29. The Labute approximate surface area is 118 Å². The third kappa shape index (κ3) is 2.41. The molecule has 0 fully saturated rings. The Kier molecular flexibility index (Phi) is 3.21. The Morgan fingerprint density at radius 2 is 1.65 bits per heavy atom. The van der Waals surface area contributed by atoms with Gasteiger partial charge in [0.1, 0.15) is 0 Å². The molecule has 0 saturated carbocycles. The first-order valence-corrected chi connectivity index (χ1v) is 6.57. The highest BCUT2D eigenvalue weighted by Crippen LogP contribution is 2.29. The number of hydrogen-bond donors (Lipinski definition) is 0. The van der Waals surface area contributed by atoms with Crippen molar-refractivity contribution in [2.45, 2.75) is 0 Å². The van der Waals surface area contributed by atoms with Crippen molar-refractivity contribution < 1.29 is 4.79 Å². The molecule has 0 aromatic heterocycles. The molecule has 2 nitrogen and oxygen atoms in total. The van der Waals surface area contributed by atoms with Crippen molar-refractivity contribution in [3.05, 3.63) is 83.6 Å². The Morgan fingerprint density at radius 1 is 0.900 bits per heavy atom. The summed E-state index contributed by atoms with van der Waals surface area (Å²) < 4.78 is 0. The second kappa shape index (κ2) is 5.17. The minimum atomic E-state index is 0.0402. The van der Waals surface area contributed by atoms with Gasteiger partial charge in [-0.25, -0.2) is 0 Å². The number of rotatable bonds is 1. The van der Waals surface area contributed by atoms with Gasteiger partial charge in [-0.2, -0.15) is 0 Å². The zero-order valence-corrected chi connectivity index (χ0v) is 11.3. The summed E-state index contributed by atoms with van der Waals surface area (Å²) in [6.07, 6.45) is 15.1. The van der Waals surface area contributed by atoms with Crippen LogP contribution in [-0.4, -0.2) is 12.8 Å². The average Bonchev–Trinajstić information content (AvgIpc) is 2.49. The van der Waals surface area contributed by atoms with Gasteiger partial charge in [0.25, 0.3) is 0 Å². The molecule has 0 N–H and O–H groups in total. The van der Waals surface area contributed by atoms with Crippen LogP contribution in [-0.2, 0) is 4.79 Å². The van der Waals surface area contributed by atoms with Gasteiger partial charge >= 0.3 is 0 Å². The zero-order chi connectivity index (χ0) is 13.9. The molecule has 1 aliphatic heterocycles. The SMILES string of the molecule is CN1C(=CC=C2C=CC(=O)C=C2)C=Cc2ccccc21. The Balaban J connectivity index is 1.88. The summed E-state index contributed by atoms with van der Waals surface area (Å²) in [6.45, 7) is 0. The number of ketones is 1. The van der Waals surface area contributed by atoms with E-state index < -0.39 is 0 Å². The van der Waals surface area contributed by atoms with Crippen molar-refractivity contribution in [2.75, 3.05) is 11.9 Å². The number of likely N-dealkylation sites (N-methyl/N-ethyl adjacent to an activating group) is 1. The predicted molar refractivity (Wildman–Crippen MR) is 83.3 cm³/mol. The van der Waals surface area contributed by atoms with Gasteiger partial charge in [-0.1, -0.05) is 42.5 Å². The number of carbonyl (C=O) groups is 1. The quantitative estimate of drug-likeness (QED) is 0.769. The van der Waals surface area contributed by atoms with E-state index in [0.717, 1.165) is 11.3 Å². The number of nitrogens with zero attached hydrogens (tertiary/aromatic N) is 1. The largest absolute Gasteiger partial charge is 0.344 e. The van der Waals surface area contributed by atoms with E-state index in [1.54, 1.807) is 12.2 Å². The Bertz CT molecular complexity index is 684. The van der Waals surface area contributed by atoms with Crippen LogP contribution < -0.4 is 4.90 Å². The third-order valence-corrected chi connectivity index (χ3v) is 3.45. The van der Waals surface area contributed by atoms with Crippen molar-refractivity contribution in [2.24, 2.45) is 0 Å². The summed E-state index contributed by atoms with van der Waals surface area (Å²) in [4.78, 5) is 13.2. The summed E-state index contributed by atoms with van der Waals surface area (Å²) in [5.74, 6) is 0.0402. The maximum absolute atomic E-state index is 11.1. The minimum Gasteiger partial charge on any atom is -0.344 e. The van der Waals surface area contributed by atoms with Crippen LogP contribution in [0.3, 0.4) is 0 Å². The molecule has 0 spiro atoms. The highest BCUT2D eigenvalue weighted by atomic mass is 16.1. The van der Waals surface area contributed by atoms with Crippen molar-refractivity contribution in [3.8, 4) is 0 Å². The van der Waals surface area contributed by atoms with Gasteiger partial charge in [0.05, 0.1) is 0 Å².